The zero-order chi connectivity index (χ0) is 19.8. The van der Waals surface area contributed by atoms with Crippen molar-refractivity contribution in [2.24, 2.45) is 5.92 Å². The SMILES string of the molecule is COc1ccc([C@@H]2c3ccccc3CCN2C(=O)N[C@@H]2CN3CCC2CC3)cn1. The number of fused-ring (bicyclic) bond motifs is 4. The maximum atomic E-state index is 13.4. The minimum Gasteiger partial charge on any atom is -0.481 e. The van der Waals surface area contributed by atoms with Gasteiger partial charge < -0.3 is 19.9 Å². The summed E-state index contributed by atoms with van der Waals surface area (Å²) in [7, 11) is 1.62. The lowest BCUT2D eigenvalue weighted by Gasteiger charge is -2.46. The van der Waals surface area contributed by atoms with Gasteiger partial charge in [-0.3, -0.25) is 0 Å². The number of hydrogen-bond acceptors (Lipinski definition) is 4. The van der Waals surface area contributed by atoms with Gasteiger partial charge in [-0.1, -0.05) is 24.3 Å². The monoisotopic (exact) mass is 392 g/mol. The molecule has 4 aliphatic rings. The summed E-state index contributed by atoms with van der Waals surface area (Å²) in [6, 6.07) is 12.5. The fourth-order valence-corrected chi connectivity index (χ4v) is 5.19. The minimum atomic E-state index is -0.126. The Bertz CT molecular complexity index is 877. The first-order valence-corrected chi connectivity index (χ1v) is 10.6. The van der Waals surface area contributed by atoms with Crippen LogP contribution in [0.4, 0.5) is 4.79 Å². The molecule has 2 amide bonds. The van der Waals surface area contributed by atoms with Crippen LogP contribution in [0.1, 0.15) is 35.6 Å². The molecule has 0 radical (unpaired) electrons. The number of amides is 2. The number of rotatable bonds is 3. The van der Waals surface area contributed by atoms with Crippen molar-refractivity contribution >= 4 is 6.03 Å². The van der Waals surface area contributed by atoms with Crippen molar-refractivity contribution in [3.05, 3.63) is 59.3 Å². The van der Waals surface area contributed by atoms with Crippen molar-refractivity contribution in [2.75, 3.05) is 33.3 Å². The molecule has 1 N–H and O–H groups in total. The lowest BCUT2D eigenvalue weighted by molar-refractivity contribution is 0.0715. The Labute approximate surface area is 171 Å². The molecule has 0 aliphatic carbocycles. The molecule has 6 heteroatoms. The minimum absolute atomic E-state index is 0.0408. The lowest BCUT2D eigenvalue weighted by atomic mass is 9.84. The molecule has 3 saturated heterocycles. The third kappa shape index (κ3) is 3.46. The first-order chi connectivity index (χ1) is 14.2. The third-order valence-electron chi connectivity index (χ3n) is 6.79. The number of carbonyl (C=O) groups excluding carboxylic acids is 1. The number of pyridine rings is 1. The van der Waals surface area contributed by atoms with Gasteiger partial charge in [0.15, 0.2) is 0 Å². The van der Waals surface area contributed by atoms with Crippen LogP contribution in [-0.4, -0.2) is 60.1 Å². The van der Waals surface area contributed by atoms with E-state index in [0.29, 0.717) is 18.3 Å². The first kappa shape index (κ1) is 18.4. The van der Waals surface area contributed by atoms with E-state index in [1.165, 1.54) is 37.1 Å². The molecule has 6 rings (SSSR count). The molecule has 29 heavy (non-hydrogen) atoms. The summed E-state index contributed by atoms with van der Waals surface area (Å²) in [5, 5.41) is 3.37. The average Bonchev–Trinajstić information content (AvgIpc) is 2.79. The van der Waals surface area contributed by atoms with Crippen LogP contribution in [0.3, 0.4) is 0 Å². The highest BCUT2D eigenvalue weighted by Crippen LogP contribution is 2.36. The number of benzene rings is 1. The van der Waals surface area contributed by atoms with Crippen LogP contribution in [0.5, 0.6) is 5.88 Å². The maximum Gasteiger partial charge on any atom is 0.318 e. The van der Waals surface area contributed by atoms with E-state index in [9.17, 15) is 4.79 Å². The van der Waals surface area contributed by atoms with Gasteiger partial charge >= 0.3 is 6.03 Å². The molecule has 152 valence electrons. The molecule has 1 aromatic carbocycles. The summed E-state index contributed by atoms with van der Waals surface area (Å²) in [5.74, 6) is 1.20. The van der Waals surface area contributed by atoms with Crippen molar-refractivity contribution in [3.8, 4) is 5.88 Å². The molecule has 3 fully saturated rings. The summed E-state index contributed by atoms with van der Waals surface area (Å²) in [4.78, 5) is 22.3. The Hall–Kier alpha value is -2.60. The molecule has 2 atom stereocenters. The van der Waals surface area contributed by atoms with Gasteiger partial charge in [0.25, 0.3) is 0 Å². The van der Waals surface area contributed by atoms with Crippen molar-refractivity contribution in [1.82, 2.24) is 20.1 Å². The highest BCUT2D eigenvalue weighted by molar-refractivity contribution is 5.76. The van der Waals surface area contributed by atoms with Gasteiger partial charge in [0.2, 0.25) is 5.88 Å². The van der Waals surface area contributed by atoms with Crippen LogP contribution < -0.4 is 10.1 Å². The normalized spacial score (nSPS) is 28.0. The summed E-state index contributed by atoms with van der Waals surface area (Å²) in [5.41, 5.74) is 3.51. The third-order valence-corrected chi connectivity index (χ3v) is 6.79. The van der Waals surface area contributed by atoms with Gasteiger partial charge in [-0.15, -0.1) is 0 Å². The predicted octanol–water partition coefficient (Wildman–Crippen LogP) is 2.84. The topological polar surface area (TPSA) is 57.7 Å². The fraction of sp³-hybridized carbons (Fsp3) is 0.478. The summed E-state index contributed by atoms with van der Waals surface area (Å²) >= 11 is 0. The second kappa shape index (κ2) is 7.67. The van der Waals surface area contributed by atoms with Crippen molar-refractivity contribution < 1.29 is 9.53 Å². The average molecular weight is 393 g/mol. The Morgan fingerprint density at radius 3 is 2.66 bits per heavy atom. The van der Waals surface area contributed by atoms with Crippen LogP contribution in [-0.2, 0) is 6.42 Å². The second-order valence-corrected chi connectivity index (χ2v) is 8.37. The number of urea groups is 1. The smallest absolute Gasteiger partial charge is 0.318 e. The van der Waals surface area contributed by atoms with Gasteiger partial charge in [-0.2, -0.15) is 0 Å². The Morgan fingerprint density at radius 2 is 1.97 bits per heavy atom. The molecule has 0 spiro atoms. The standard InChI is InChI=1S/C23H28N4O2/c1-29-21-7-6-18(14-24-21)22-19-5-3-2-4-16(19)10-13-27(22)23(28)25-20-15-26-11-8-17(20)9-12-26/h2-7,14,17,20,22H,8-13,15H2,1H3,(H,25,28)/t20-,22-/m1/s1. The number of carbonyl (C=O) groups is 1. The molecule has 5 heterocycles. The van der Waals surface area contributed by atoms with Crippen molar-refractivity contribution in [2.45, 2.75) is 31.3 Å². The molecular formula is C23H28N4O2. The highest BCUT2D eigenvalue weighted by Gasteiger charge is 2.38. The Balaban J connectivity index is 1.43. The summed E-state index contributed by atoms with van der Waals surface area (Å²) < 4.78 is 5.22. The van der Waals surface area contributed by atoms with Crippen LogP contribution >= 0.6 is 0 Å². The molecular weight excluding hydrogens is 364 g/mol. The molecule has 2 aromatic rings. The Kier molecular flexibility index (Phi) is 4.87. The maximum absolute atomic E-state index is 13.4. The van der Waals surface area contributed by atoms with E-state index in [1.807, 2.05) is 23.2 Å². The van der Waals surface area contributed by atoms with Gasteiger partial charge in [0.05, 0.1) is 13.2 Å². The zero-order valence-corrected chi connectivity index (χ0v) is 16.9. The zero-order valence-electron chi connectivity index (χ0n) is 16.9. The summed E-state index contributed by atoms with van der Waals surface area (Å²) in [6.07, 6.45) is 5.10. The molecule has 4 aliphatic heterocycles. The number of hydrogen-bond donors (Lipinski definition) is 1. The largest absolute Gasteiger partial charge is 0.481 e. The first-order valence-electron chi connectivity index (χ1n) is 10.6. The number of piperidine rings is 3. The van der Waals surface area contributed by atoms with Crippen LogP contribution in [0.2, 0.25) is 0 Å². The van der Waals surface area contributed by atoms with E-state index in [1.54, 1.807) is 7.11 Å². The highest BCUT2D eigenvalue weighted by atomic mass is 16.5. The van der Waals surface area contributed by atoms with Gasteiger partial charge in [0, 0.05) is 31.4 Å². The number of methoxy groups -OCH3 is 1. The van der Waals surface area contributed by atoms with Gasteiger partial charge in [-0.05, 0) is 61.0 Å². The predicted molar refractivity (Wildman–Crippen MR) is 111 cm³/mol. The van der Waals surface area contributed by atoms with Crippen LogP contribution in [0, 0.1) is 5.92 Å². The van der Waals surface area contributed by atoms with E-state index in [0.717, 1.165) is 18.5 Å². The Morgan fingerprint density at radius 1 is 1.14 bits per heavy atom. The molecule has 2 bridgehead atoms. The number of ether oxygens (including phenoxy) is 1. The second-order valence-electron chi connectivity index (χ2n) is 8.37. The van der Waals surface area contributed by atoms with Gasteiger partial charge in [-0.25, -0.2) is 9.78 Å². The van der Waals surface area contributed by atoms with E-state index in [2.05, 4.69) is 39.5 Å². The lowest BCUT2D eigenvalue weighted by Crippen LogP contribution is -2.59. The van der Waals surface area contributed by atoms with E-state index in [-0.39, 0.29) is 18.1 Å². The van der Waals surface area contributed by atoms with Crippen LogP contribution in [0.15, 0.2) is 42.6 Å². The van der Waals surface area contributed by atoms with Crippen molar-refractivity contribution in [3.63, 3.8) is 0 Å². The molecule has 0 unspecified atom stereocenters. The summed E-state index contributed by atoms with van der Waals surface area (Å²) in [6.45, 7) is 4.04. The van der Waals surface area contributed by atoms with Crippen LogP contribution in [0.25, 0.3) is 0 Å². The van der Waals surface area contributed by atoms with Crippen molar-refractivity contribution in [1.29, 1.82) is 0 Å². The fourth-order valence-electron chi connectivity index (χ4n) is 5.19. The van der Waals surface area contributed by atoms with E-state index >= 15 is 0 Å². The molecule has 0 saturated carbocycles. The van der Waals surface area contributed by atoms with Gasteiger partial charge in [0.1, 0.15) is 0 Å². The molecule has 6 nitrogen and oxygen atoms in total. The quantitative estimate of drug-likeness (QED) is 0.873. The number of nitrogens with one attached hydrogen (secondary N) is 1. The van der Waals surface area contributed by atoms with E-state index < -0.39 is 0 Å². The molecule has 1 aromatic heterocycles. The number of nitrogens with zero attached hydrogens (tertiary/aromatic N) is 3. The number of aromatic nitrogens is 1. The van der Waals surface area contributed by atoms with E-state index in [4.69, 9.17) is 4.74 Å².